The van der Waals surface area contributed by atoms with Gasteiger partial charge in [0.1, 0.15) is 0 Å². The van der Waals surface area contributed by atoms with Gasteiger partial charge in [-0.3, -0.25) is 4.55 Å². The molecule has 1 aromatic heterocycles. The van der Waals surface area contributed by atoms with Crippen LogP contribution in [0.1, 0.15) is 12.5 Å². The number of hydrogen-bond donors (Lipinski definition) is 1. The van der Waals surface area contributed by atoms with E-state index in [0.717, 1.165) is 17.5 Å². The molecule has 0 spiro atoms. The molecule has 2 rings (SSSR count). The minimum Gasteiger partial charge on any atom is -0.355 e. The highest BCUT2D eigenvalue weighted by atomic mass is 32.2. The van der Waals surface area contributed by atoms with Crippen LogP contribution in [-0.2, 0) is 16.5 Å². The number of benzene rings is 1. The summed E-state index contributed by atoms with van der Waals surface area (Å²) in [5.41, 5.74) is 1.79. The Kier molecular flexibility index (Phi) is 2.99. The molecule has 0 saturated carbocycles. The van der Waals surface area contributed by atoms with Crippen LogP contribution in [0.3, 0.4) is 0 Å². The fourth-order valence-electron chi connectivity index (χ4n) is 1.58. The van der Waals surface area contributed by atoms with E-state index in [4.69, 9.17) is 9.08 Å². The second-order valence-electron chi connectivity index (χ2n) is 3.52. The Bertz CT molecular complexity index is 630. The first-order valence-corrected chi connectivity index (χ1v) is 6.49. The topological polar surface area (TPSA) is 80.4 Å². The first-order valence-electron chi connectivity index (χ1n) is 5.05. The van der Waals surface area contributed by atoms with E-state index in [-0.39, 0.29) is 0 Å². The first kappa shape index (κ1) is 11.8. The normalized spacial score (nSPS) is 11.6. The van der Waals surface area contributed by atoms with Gasteiger partial charge in [0.05, 0.1) is 0 Å². The van der Waals surface area contributed by atoms with Gasteiger partial charge < -0.3 is 4.52 Å². The van der Waals surface area contributed by atoms with Crippen LogP contribution in [0.4, 0.5) is 0 Å². The summed E-state index contributed by atoms with van der Waals surface area (Å²) in [6.45, 7) is 1.99. The summed E-state index contributed by atoms with van der Waals surface area (Å²) in [5.74, 6) is 0.329. The number of hydrogen-bond acceptors (Lipinski definition) is 4. The van der Waals surface area contributed by atoms with Gasteiger partial charge in [-0.05, 0) is 12.0 Å². The lowest BCUT2D eigenvalue weighted by Crippen LogP contribution is -1.97. The van der Waals surface area contributed by atoms with E-state index in [1.54, 1.807) is 0 Å². The molecule has 2 aromatic rings. The lowest BCUT2D eigenvalue weighted by molar-refractivity contribution is 0.402. The molecule has 90 valence electrons. The Hall–Kier alpha value is -1.66. The molecule has 0 aliphatic rings. The summed E-state index contributed by atoms with van der Waals surface area (Å²) in [6.07, 6.45) is 0.790. The van der Waals surface area contributed by atoms with Crippen molar-refractivity contribution in [3.05, 3.63) is 35.9 Å². The largest absolute Gasteiger partial charge is 0.355 e. The van der Waals surface area contributed by atoms with Crippen LogP contribution in [0.15, 0.2) is 39.9 Å². The summed E-state index contributed by atoms with van der Waals surface area (Å²) in [5, 5.41) is 2.85. The van der Waals surface area contributed by atoms with Crippen molar-refractivity contribution >= 4 is 10.1 Å². The summed E-state index contributed by atoms with van der Waals surface area (Å²) < 4.78 is 35.5. The van der Waals surface area contributed by atoms with Gasteiger partial charge in [-0.2, -0.15) is 8.42 Å². The van der Waals surface area contributed by atoms with Crippen LogP contribution in [0.2, 0.25) is 0 Å². The molecule has 5 nitrogen and oxygen atoms in total. The molecule has 0 aliphatic heterocycles. The van der Waals surface area contributed by atoms with E-state index in [1.807, 2.05) is 31.2 Å². The van der Waals surface area contributed by atoms with Crippen LogP contribution >= 0.6 is 0 Å². The van der Waals surface area contributed by atoms with Gasteiger partial charge in [0, 0.05) is 11.6 Å². The van der Waals surface area contributed by atoms with Gasteiger partial charge >= 0.3 is 10.1 Å². The highest BCUT2D eigenvalue weighted by Crippen LogP contribution is 2.25. The molecule has 0 bridgehead atoms. The maximum atomic E-state index is 10.9. The van der Waals surface area contributed by atoms with Crippen molar-refractivity contribution in [3.63, 3.8) is 0 Å². The van der Waals surface area contributed by atoms with E-state index < -0.39 is 15.1 Å². The quantitative estimate of drug-likeness (QED) is 0.848. The molecule has 17 heavy (non-hydrogen) atoms. The number of rotatable bonds is 3. The third-order valence-electron chi connectivity index (χ3n) is 2.42. The van der Waals surface area contributed by atoms with E-state index in [2.05, 4.69) is 5.16 Å². The summed E-state index contributed by atoms with van der Waals surface area (Å²) in [7, 11) is -4.31. The van der Waals surface area contributed by atoms with Crippen LogP contribution < -0.4 is 0 Å². The first-order chi connectivity index (χ1) is 8.02. The molecule has 0 radical (unpaired) electrons. The minimum absolute atomic E-state index is 0.329. The monoisotopic (exact) mass is 253 g/mol. The van der Waals surface area contributed by atoms with Gasteiger partial charge in [0.15, 0.2) is 5.76 Å². The molecule has 0 unspecified atom stereocenters. The maximum Gasteiger partial charge on any atom is 0.315 e. The van der Waals surface area contributed by atoms with Gasteiger partial charge in [-0.1, -0.05) is 36.3 Å². The Labute approximate surface area is 98.8 Å². The average Bonchev–Trinajstić information content (AvgIpc) is 2.77. The molecule has 0 atom stereocenters. The van der Waals surface area contributed by atoms with E-state index in [9.17, 15) is 8.42 Å². The fourth-order valence-corrected chi connectivity index (χ4v) is 1.96. The Morgan fingerprint density at radius 3 is 2.65 bits per heavy atom. The molecule has 1 N–H and O–H groups in total. The second kappa shape index (κ2) is 4.31. The number of nitrogens with zero attached hydrogens (tertiary/aromatic N) is 1. The highest BCUT2D eigenvalue weighted by Gasteiger charge is 2.18. The standard InChI is InChI=1S/C11H11NO4S/c1-2-8-5-3-4-6-9(8)10-7-11(12-16-10)17(13,14)15/h3-7H,2H2,1H3,(H,13,14,15). The molecule has 1 heterocycles. The molecule has 0 aliphatic carbocycles. The maximum absolute atomic E-state index is 10.9. The molecular formula is C11H11NO4S. The number of aromatic nitrogens is 1. The fraction of sp³-hybridized carbons (Fsp3) is 0.182. The minimum atomic E-state index is -4.31. The van der Waals surface area contributed by atoms with Crippen LogP contribution in [0, 0.1) is 0 Å². The molecule has 0 amide bonds. The second-order valence-corrected chi connectivity index (χ2v) is 4.88. The van der Waals surface area contributed by atoms with Crippen LogP contribution in [-0.4, -0.2) is 18.1 Å². The van der Waals surface area contributed by atoms with Gasteiger partial charge in [0.25, 0.3) is 0 Å². The van der Waals surface area contributed by atoms with Crippen molar-refractivity contribution in [2.75, 3.05) is 0 Å². The molecule has 0 saturated heterocycles. The summed E-state index contributed by atoms with van der Waals surface area (Å²) in [4.78, 5) is 0. The molecule has 1 aromatic carbocycles. The highest BCUT2D eigenvalue weighted by molar-refractivity contribution is 7.85. The van der Waals surface area contributed by atoms with Gasteiger partial charge in [0.2, 0.25) is 5.03 Å². The van der Waals surface area contributed by atoms with E-state index >= 15 is 0 Å². The zero-order valence-corrected chi connectivity index (χ0v) is 9.94. The average molecular weight is 253 g/mol. The third kappa shape index (κ3) is 2.37. The van der Waals surface area contributed by atoms with Crippen LogP contribution in [0.25, 0.3) is 11.3 Å². The Morgan fingerprint density at radius 2 is 2.06 bits per heavy atom. The van der Waals surface area contributed by atoms with Crippen molar-refractivity contribution in [2.45, 2.75) is 18.4 Å². The SMILES string of the molecule is CCc1ccccc1-c1cc(S(=O)(=O)O)no1. The molecular weight excluding hydrogens is 242 g/mol. The summed E-state index contributed by atoms with van der Waals surface area (Å²) >= 11 is 0. The molecule has 6 heteroatoms. The number of aryl methyl sites for hydroxylation is 1. The third-order valence-corrected chi connectivity index (χ3v) is 3.14. The lowest BCUT2D eigenvalue weighted by Gasteiger charge is -2.02. The van der Waals surface area contributed by atoms with Crippen molar-refractivity contribution in [1.82, 2.24) is 5.16 Å². The van der Waals surface area contributed by atoms with Crippen molar-refractivity contribution < 1.29 is 17.5 Å². The van der Waals surface area contributed by atoms with Crippen molar-refractivity contribution in [3.8, 4) is 11.3 Å². The predicted octanol–water partition coefficient (Wildman–Crippen LogP) is 2.15. The Morgan fingerprint density at radius 1 is 1.35 bits per heavy atom. The smallest absolute Gasteiger partial charge is 0.315 e. The summed E-state index contributed by atoms with van der Waals surface area (Å²) in [6, 6.07) is 8.66. The zero-order valence-electron chi connectivity index (χ0n) is 9.12. The lowest BCUT2D eigenvalue weighted by atomic mass is 10.0. The van der Waals surface area contributed by atoms with Gasteiger partial charge in [-0.15, -0.1) is 0 Å². The zero-order chi connectivity index (χ0) is 12.5. The van der Waals surface area contributed by atoms with Crippen molar-refractivity contribution in [1.29, 1.82) is 0 Å². The Balaban J connectivity index is 2.51. The van der Waals surface area contributed by atoms with E-state index in [1.165, 1.54) is 6.07 Å². The van der Waals surface area contributed by atoms with Crippen LogP contribution in [0.5, 0.6) is 0 Å². The predicted molar refractivity (Wildman–Crippen MR) is 61.1 cm³/mol. The molecule has 0 fully saturated rings. The van der Waals surface area contributed by atoms with Crippen molar-refractivity contribution in [2.24, 2.45) is 0 Å². The van der Waals surface area contributed by atoms with Gasteiger partial charge in [-0.25, -0.2) is 0 Å². The van der Waals surface area contributed by atoms with E-state index in [0.29, 0.717) is 5.76 Å².